The third kappa shape index (κ3) is 2.44. The number of benzene rings is 1. The molecule has 0 spiro atoms. The number of nitriles is 1. The first-order chi connectivity index (χ1) is 7.63. The molecule has 0 aromatic heterocycles. The van der Waals surface area contributed by atoms with Crippen LogP contribution in [-0.4, -0.2) is 18.1 Å². The fourth-order valence-electron chi connectivity index (χ4n) is 1.31. The highest BCUT2D eigenvalue weighted by atomic mass is 32.2. The van der Waals surface area contributed by atoms with Crippen molar-refractivity contribution in [2.75, 3.05) is 6.26 Å². The maximum atomic E-state index is 9.59. The van der Waals surface area contributed by atoms with E-state index in [2.05, 4.69) is 11.7 Å². The van der Waals surface area contributed by atoms with E-state index in [4.69, 9.17) is 5.26 Å². The molecule has 0 fully saturated rings. The number of hydrogen-bond acceptors (Lipinski definition) is 4. The van der Waals surface area contributed by atoms with Gasteiger partial charge in [-0.2, -0.15) is 5.26 Å². The van der Waals surface area contributed by atoms with E-state index in [0.29, 0.717) is 0 Å². The molecule has 0 saturated heterocycles. The van der Waals surface area contributed by atoms with Crippen molar-refractivity contribution in [3.05, 3.63) is 35.0 Å². The Hall–Kier alpha value is -1.73. The summed E-state index contributed by atoms with van der Waals surface area (Å²) in [6.07, 6.45) is 1.93. The molecule has 1 N–H and O–H groups in total. The second kappa shape index (κ2) is 5.38. The van der Waals surface area contributed by atoms with Gasteiger partial charge in [-0.25, -0.2) is 0 Å². The minimum absolute atomic E-state index is 0.0107. The van der Waals surface area contributed by atoms with Crippen LogP contribution in [-0.2, 0) is 0 Å². The van der Waals surface area contributed by atoms with Gasteiger partial charge in [0.2, 0.25) is 0 Å². The lowest BCUT2D eigenvalue weighted by Gasteiger charge is -2.07. The van der Waals surface area contributed by atoms with E-state index in [9.17, 15) is 5.11 Å². The molecule has 1 aromatic carbocycles. The van der Waals surface area contributed by atoms with E-state index in [-0.39, 0.29) is 11.3 Å². The van der Waals surface area contributed by atoms with E-state index in [1.807, 2.05) is 19.2 Å². The fraction of sp³-hybridized carbons (Fsp3) is 0.167. The van der Waals surface area contributed by atoms with Crippen molar-refractivity contribution in [2.45, 2.75) is 6.92 Å². The van der Waals surface area contributed by atoms with Crippen LogP contribution in [0.5, 0.6) is 5.75 Å². The summed E-state index contributed by atoms with van der Waals surface area (Å²) in [5.41, 5.74) is 1.92. The van der Waals surface area contributed by atoms with E-state index in [0.717, 1.165) is 16.2 Å². The monoisotopic (exact) mass is 232 g/mol. The first kappa shape index (κ1) is 12.3. The van der Waals surface area contributed by atoms with Crippen LogP contribution in [0, 0.1) is 11.3 Å². The number of rotatable bonds is 3. The maximum Gasteiger partial charge on any atom is 0.133 e. The zero-order valence-electron chi connectivity index (χ0n) is 9.19. The Balaban J connectivity index is 3.30. The van der Waals surface area contributed by atoms with E-state index in [1.165, 1.54) is 11.8 Å². The van der Waals surface area contributed by atoms with Crippen molar-refractivity contribution in [3.63, 3.8) is 0 Å². The van der Waals surface area contributed by atoms with Crippen LogP contribution in [0.25, 0.3) is 4.91 Å². The zero-order valence-corrected chi connectivity index (χ0v) is 10.0. The van der Waals surface area contributed by atoms with Crippen molar-refractivity contribution in [1.29, 1.82) is 5.26 Å². The Labute approximate surface area is 99.1 Å². The van der Waals surface area contributed by atoms with Gasteiger partial charge in [0.05, 0.1) is 11.3 Å². The van der Waals surface area contributed by atoms with Crippen molar-refractivity contribution < 1.29 is 5.11 Å². The molecule has 0 radical (unpaired) electrons. The smallest absolute Gasteiger partial charge is 0.133 e. The van der Waals surface area contributed by atoms with Gasteiger partial charge in [0.15, 0.2) is 0 Å². The minimum atomic E-state index is -0.0107. The van der Waals surface area contributed by atoms with Gasteiger partial charge in [0.1, 0.15) is 11.8 Å². The average molecular weight is 232 g/mol. The van der Waals surface area contributed by atoms with Gasteiger partial charge in [-0.1, -0.05) is 6.07 Å². The number of thioether (sulfide) groups is 1. The summed E-state index contributed by atoms with van der Waals surface area (Å²) >= 11 is 1.53. The van der Waals surface area contributed by atoms with Gasteiger partial charge in [0, 0.05) is 4.91 Å². The second-order valence-electron chi connectivity index (χ2n) is 3.12. The Kier molecular flexibility index (Phi) is 4.15. The number of aliphatic imine (C=N–C) groups is 1. The van der Waals surface area contributed by atoms with Crippen LogP contribution in [0.1, 0.15) is 18.1 Å². The van der Waals surface area contributed by atoms with Crippen molar-refractivity contribution in [3.8, 4) is 11.8 Å². The maximum absolute atomic E-state index is 9.59. The topological polar surface area (TPSA) is 56.4 Å². The summed E-state index contributed by atoms with van der Waals surface area (Å²) in [5, 5.41) is 18.3. The molecule has 0 bridgehead atoms. The van der Waals surface area contributed by atoms with Crippen LogP contribution < -0.4 is 0 Å². The SMILES string of the molecule is C=N/C(C)=C(\SC)c1ccc(C#N)c(O)c1. The van der Waals surface area contributed by atoms with Crippen LogP contribution in [0.15, 0.2) is 28.9 Å². The predicted octanol–water partition coefficient (Wildman–Crippen LogP) is 3.02. The molecular weight excluding hydrogens is 220 g/mol. The first-order valence-electron chi connectivity index (χ1n) is 4.59. The van der Waals surface area contributed by atoms with Gasteiger partial charge < -0.3 is 5.11 Å². The number of phenols is 1. The molecule has 16 heavy (non-hydrogen) atoms. The van der Waals surface area contributed by atoms with Crippen LogP contribution in [0.2, 0.25) is 0 Å². The fourth-order valence-corrected chi connectivity index (χ4v) is 2.04. The van der Waals surface area contributed by atoms with Gasteiger partial charge in [0.25, 0.3) is 0 Å². The average Bonchev–Trinajstić information content (AvgIpc) is 2.30. The summed E-state index contributed by atoms with van der Waals surface area (Å²) in [5.74, 6) is -0.0107. The van der Waals surface area contributed by atoms with Gasteiger partial charge in [-0.05, 0) is 37.6 Å². The summed E-state index contributed by atoms with van der Waals surface area (Å²) in [4.78, 5) is 4.81. The number of aromatic hydroxyl groups is 1. The summed E-state index contributed by atoms with van der Waals surface area (Å²) in [6.45, 7) is 5.33. The van der Waals surface area contributed by atoms with Gasteiger partial charge >= 0.3 is 0 Å². The van der Waals surface area contributed by atoms with E-state index in [1.54, 1.807) is 18.2 Å². The van der Waals surface area contributed by atoms with Gasteiger partial charge in [-0.3, -0.25) is 4.99 Å². The Morgan fingerprint density at radius 3 is 2.69 bits per heavy atom. The molecule has 3 nitrogen and oxygen atoms in total. The molecule has 0 amide bonds. The Bertz CT molecular complexity index is 486. The molecule has 82 valence electrons. The molecule has 0 aliphatic heterocycles. The molecule has 1 rings (SSSR count). The Morgan fingerprint density at radius 1 is 1.56 bits per heavy atom. The molecule has 4 heteroatoms. The minimum Gasteiger partial charge on any atom is -0.507 e. The highest BCUT2D eigenvalue weighted by molar-refractivity contribution is 8.07. The van der Waals surface area contributed by atoms with Crippen molar-refractivity contribution in [1.82, 2.24) is 0 Å². The van der Waals surface area contributed by atoms with Crippen molar-refractivity contribution >= 4 is 23.4 Å². The molecule has 0 saturated carbocycles. The van der Waals surface area contributed by atoms with Crippen molar-refractivity contribution in [2.24, 2.45) is 4.99 Å². The van der Waals surface area contributed by atoms with Gasteiger partial charge in [-0.15, -0.1) is 11.8 Å². The highest BCUT2D eigenvalue weighted by Gasteiger charge is 2.07. The predicted molar refractivity (Wildman–Crippen MR) is 68.5 cm³/mol. The second-order valence-corrected chi connectivity index (χ2v) is 3.94. The highest BCUT2D eigenvalue weighted by Crippen LogP contribution is 2.32. The number of nitrogens with zero attached hydrogens (tertiary/aromatic N) is 2. The summed E-state index contributed by atoms with van der Waals surface area (Å²) < 4.78 is 0. The largest absolute Gasteiger partial charge is 0.507 e. The normalized spacial score (nSPS) is 11.6. The van der Waals surface area contributed by atoms with Crippen LogP contribution in [0.3, 0.4) is 0 Å². The van der Waals surface area contributed by atoms with Crippen LogP contribution in [0.4, 0.5) is 0 Å². The number of allylic oxidation sites excluding steroid dienone is 1. The number of phenolic OH excluding ortho intramolecular Hbond substituents is 1. The molecule has 0 unspecified atom stereocenters. The lowest BCUT2D eigenvalue weighted by Crippen LogP contribution is -1.85. The molecule has 1 aromatic rings. The number of hydrogen-bond donors (Lipinski definition) is 1. The third-order valence-corrected chi connectivity index (χ3v) is 3.09. The van der Waals surface area contributed by atoms with E-state index < -0.39 is 0 Å². The molecule has 0 aliphatic carbocycles. The Morgan fingerprint density at radius 2 is 2.25 bits per heavy atom. The van der Waals surface area contributed by atoms with Crippen LogP contribution >= 0.6 is 11.8 Å². The zero-order chi connectivity index (χ0) is 12.1. The first-order valence-corrected chi connectivity index (χ1v) is 5.81. The lowest BCUT2D eigenvalue weighted by molar-refractivity contribution is 0.473. The quantitative estimate of drug-likeness (QED) is 0.815. The van der Waals surface area contributed by atoms with E-state index >= 15 is 0 Å². The lowest BCUT2D eigenvalue weighted by atomic mass is 10.1. The molecule has 0 heterocycles. The third-order valence-electron chi connectivity index (χ3n) is 2.15. The molecule has 0 aliphatic rings. The molecule has 0 atom stereocenters. The standard InChI is InChI=1S/C12H12N2OS/c1-8(14-2)12(16-3)9-4-5-10(7-13)11(15)6-9/h4-6,15H,2H2,1,3H3/b12-8-. The molecular formula is C12H12N2OS. The summed E-state index contributed by atoms with van der Waals surface area (Å²) in [7, 11) is 0. The summed E-state index contributed by atoms with van der Waals surface area (Å²) in [6, 6.07) is 6.87.